The molecule has 0 radical (unpaired) electrons. The molecule has 5 heteroatoms. The Hall–Kier alpha value is -1.42. The molecule has 1 aromatic carbocycles. The molecule has 0 bridgehead atoms. The van der Waals surface area contributed by atoms with E-state index in [1.54, 1.807) is 7.11 Å². The van der Waals surface area contributed by atoms with Crippen LogP contribution in [0.3, 0.4) is 0 Å². The Morgan fingerprint density at radius 3 is 2.27 bits per heavy atom. The summed E-state index contributed by atoms with van der Waals surface area (Å²) in [6.45, 7) is 6.61. The van der Waals surface area contributed by atoms with Crippen LogP contribution in [0.5, 0.6) is 5.75 Å². The van der Waals surface area contributed by atoms with E-state index in [-0.39, 0.29) is 12.4 Å². The lowest BCUT2D eigenvalue weighted by Crippen LogP contribution is -3.00. The number of hydrogen-bond donors (Lipinski definition) is 0. The molecule has 0 aliphatic carbocycles. The minimum Gasteiger partial charge on any atom is -1.00 e. The Kier molecular flexibility index (Phi) is 6.54. The van der Waals surface area contributed by atoms with E-state index in [4.69, 9.17) is 4.74 Å². The highest BCUT2D eigenvalue weighted by molar-refractivity contribution is 5.77. The van der Waals surface area contributed by atoms with Gasteiger partial charge in [0.25, 0.3) is 0 Å². The molecule has 1 fully saturated rings. The molecule has 2 rings (SSSR count). The average molecular weight is 326 g/mol. The van der Waals surface area contributed by atoms with Gasteiger partial charge in [-0.2, -0.15) is 0 Å². The van der Waals surface area contributed by atoms with Crippen LogP contribution in [0.1, 0.15) is 19.4 Å². The van der Waals surface area contributed by atoms with E-state index < -0.39 is 0 Å². The maximum Gasteiger partial charge on any atom is 0.350 e. The zero-order chi connectivity index (χ0) is 15.6. The molecular formula is C17H28ClN3O. The number of halogens is 1. The molecule has 0 amide bonds. The molecule has 1 aliphatic heterocycles. The van der Waals surface area contributed by atoms with E-state index in [0.29, 0.717) is 12.0 Å². The summed E-state index contributed by atoms with van der Waals surface area (Å²) in [6, 6.07) is 8.93. The number of rotatable bonds is 4. The van der Waals surface area contributed by atoms with E-state index in [0.717, 1.165) is 18.8 Å². The lowest BCUT2D eigenvalue weighted by Gasteiger charge is -2.18. The Bertz CT molecular complexity index is 509. The number of methoxy groups -OCH3 is 1. The highest BCUT2D eigenvalue weighted by Gasteiger charge is 2.42. The zero-order valence-corrected chi connectivity index (χ0v) is 15.3. The zero-order valence-electron chi connectivity index (χ0n) is 14.5. The van der Waals surface area contributed by atoms with Gasteiger partial charge in [-0.25, -0.2) is 0 Å². The monoisotopic (exact) mass is 325 g/mol. The summed E-state index contributed by atoms with van der Waals surface area (Å²) in [7, 11) is 8.15. The number of likely N-dealkylation sites (N-methyl/N-ethyl adjacent to an activating group) is 1. The van der Waals surface area contributed by atoms with E-state index in [1.165, 1.54) is 11.5 Å². The van der Waals surface area contributed by atoms with Crippen molar-refractivity contribution in [2.24, 2.45) is 5.92 Å². The van der Waals surface area contributed by atoms with Crippen LogP contribution in [0.15, 0.2) is 24.3 Å². The second-order valence-electron chi connectivity index (χ2n) is 6.35. The number of hydrogen-bond acceptors (Lipinski definition) is 1. The van der Waals surface area contributed by atoms with Crippen LogP contribution in [0.4, 0.5) is 0 Å². The molecule has 1 heterocycles. The van der Waals surface area contributed by atoms with Crippen LogP contribution < -0.4 is 17.1 Å². The van der Waals surface area contributed by atoms with Crippen molar-refractivity contribution >= 4 is 5.96 Å². The molecule has 1 aliphatic rings. The lowest BCUT2D eigenvalue weighted by atomic mass is 10.0. The van der Waals surface area contributed by atoms with Crippen LogP contribution in [0, 0.1) is 5.92 Å². The largest absolute Gasteiger partial charge is 1.00 e. The second-order valence-corrected chi connectivity index (χ2v) is 6.35. The third-order valence-corrected chi connectivity index (χ3v) is 4.21. The van der Waals surface area contributed by atoms with Gasteiger partial charge in [0.1, 0.15) is 18.3 Å². The van der Waals surface area contributed by atoms with Crippen LogP contribution in [0.25, 0.3) is 0 Å². The topological polar surface area (TPSA) is 18.7 Å². The Labute approximate surface area is 140 Å². The Morgan fingerprint density at radius 1 is 1.23 bits per heavy atom. The third kappa shape index (κ3) is 3.86. The van der Waals surface area contributed by atoms with Crippen molar-refractivity contribution < 1.29 is 21.7 Å². The number of benzene rings is 1. The van der Waals surface area contributed by atoms with Crippen LogP contribution in [-0.2, 0) is 6.54 Å². The SMILES string of the molecule is COc1ccc(CN2C[C@@H](C(C)C)N(C)C2=[N+](C)C)cc1.[Cl-]. The Balaban J connectivity index is 0.00000242. The van der Waals surface area contributed by atoms with Gasteiger partial charge < -0.3 is 17.1 Å². The van der Waals surface area contributed by atoms with Crippen molar-refractivity contribution in [2.75, 3.05) is 34.8 Å². The highest BCUT2D eigenvalue weighted by atomic mass is 35.5. The molecule has 1 saturated heterocycles. The summed E-state index contributed by atoms with van der Waals surface area (Å²) in [5.74, 6) is 2.85. The minimum absolute atomic E-state index is 0. The summed E-state index contributed by atoms with van der Waals surface area (Å²) in [5.41, 5.74) is 1.31. The van der Waals surface area contributed by atoms with E-state index in [2.05, 4.69) is 61.5 Å². The molecule has 0 aromatic heterocycles. The number of guanidine groups is 1. The van der Waals surface area contributed by atoms with Crippen LogP contribution >= 0.6 is 0 Å². The molecule has 0 spiro atoms. The van der Waals surface area contributed by atoms with E-state index in [9.17, 15) is 0 Å². The predicted octanol–water partition coefficient (Wildman–Crippen LogP) is -0.901. The Morgan fingerprint density at radius 2 is 1.82 bits per heavy atom. The van der Waals surface area contributed by atoms with Crippen LogP contribution in [0.2, 0.25) is 0 Å². The summed E-state index contributed by atoms with van der Waals surface area (Å²) in [6.07, 6.45) is 0. The maximum atomic E-state index is 5.23. The number of nitrogens with zero attached hydrogens (tertiary/aromatic N) is 3. The van der Waals surface area contributed by atoms with Gasteiger partial charge in [0.05, 0.1) is 34.8 Å². The molecule has 1 aromatic rings. The van der Waals surface area contributed by atoms with Crippen LogP contribution in [-0.4, -0.2) is 61.2 Å². The third-order valence-electron chi connectivity index (χ3n) is 4.21. The van der Waals surface area contributed by atoms with Crippen molar-refractivity contribution in [3.05, 3.63) is 29.8 Å². The fraction of sp³-hybridized carbons (Fsp3) is 0.588. The molecule has 0 unspecified atom stereocenters. The van der Waals surface area contributed by atoms with Gasteiger partial charge in [-0.1, -0.05) is 26.0 Å². The minimum atomic E-state index is 0. The average Bonchev–Trinajstić information content (AvgIpc) is 2.76. The maximum absolute atomic E-state index is 5.23. The first-order chi connectivity index (χ1) is 9.93. The molecule has 0 N–H and O–H groups in total. The summed E-state index contributed by atoms with van der Waals surface area (Å²) >= 11 is 0. The van der Waals surface area contributed by atoms with Crippen molar-refractivity contribution in [1.82, 2.24) is 9.80 Å². The highest BCUT2D eigenvalue weighted by Crippen LogP contribution is 2.22. The van der Waals surface area contributed by atoms with Gasteiger partial charge in [0, 0.05) is 0 Å². The van der Waals surface area contributed by atoms with E-state index in [1.807, 2.05) is 12.1 Å². The first-order valence-electron chi connectivity index (χ1n) is 7.59. The smallest absolute Gasteiger partial charge is 0.350 e. The van der Waals surface area contributed by atoms with Gasteiger partial charge in [-0.3, -0.25) is 14.4 Å². The van der Waals surface area contributed by atoms with Gasteiger partial charge in [-0.05, 0) is 23.6 Å². The lowest BCUT2D eigenvalue weighted by molar-refractivity contribution is -0.475. The fourth-order valence-electron chi connectivity index (χ4n) is 3.14. The molecule has 124 valence electrons. The van der Waals surface area contributed by atoms with Gasteiger partial charge in [0.15, 0.2) is 0 Å². The molecule has 0 saturated carbocycles. The summed E-state index contributed by atoms with van der Waals surface area (Å²) < 4.78 is 7.44. The molecule has 1 atom stereocenters. The normalized spacial score (nSPS) is 17.8. The van der Waals surface area contributed by atoms with Crippen molar-refractivity contribution in [3.8, 4) is 5.75 Å². The second kappa shape index (κ2) is 7.73. The van der Waals surface area contributed by atoms with Crippen molar-refractivity contribution in [2.45, 2.75) is 26.4 Å². The summed E-state index contributed by atoms with van der Waals surface area (Å²) in [5, 5.41) is 0. The van der Waals surface area contributed by atoms with Crippen molar-refractivity contribution in [3.63, 3.8) is 0 Å². The predicted molar refractivity (Wildman–Crippen MR) is 86.9 cm³/mol. The standard InChI is InChI=1S/C17H28N3O.ClH/c1-13(2)16-12-20(17(18(3)4)19(16)5)11-14-7-9-15(21-6)10-8-14;/h7-10,13,16H,11-12H2,1-6H3;1H/q+1;/p-1/t16-;/m0./s1. The van der Waals surface area contributed by atoms with Crippen molar-refractivity contribution in [1.29, 1.82) is 0 Å². The summed E-state index contributed by atoms with van der Waals surface area (Å²) in [4.78, 5) is 4.88. The molecule has 22 heavy (non-hydrogen) atoms. The first kappa shape index (κ1) is 18.6. The van der Waals surface area contributed by atoms with Gasteiger partial charge in [0.2, 0.25) is 0 Å². The number of ether oxygens (including phenoxy) is 1. The van der Waals surface area contributed by atoms with Gasteiger partial charge in [-0.15, -0.1) is 0 Å². The van der Waals surface area contributed by atoms with Gasteiger partial charge >= 0.3 is 5.96 Å². The fourth-order valence-corrected chi connectivity index (χ4v) is 3.14. The molecular weight excluding hydrogens is 298 g/mol. The first-order valence-corrected chi connectivity index (χ1v) is 7.59. The van der Waals surface area contributed by atoms with E-state index >= 15 is 0 Å². The quantitative estimate of drug-likeness (QED) is 0.669. The molecule has 4 nitrogen and oxygen atoms in total.